The first-order chi connectivity index (χ1) is 7.05. The van der Waals surface area contributed by atoms with E-state index in [-0.39, 0.29) is 16.4 Å². The summed E-state index contributed by atoms with van der Waals surface area (Å²) >= 11 is 5.76. The number of ether oxygens (including phenoxy) is 1. The molecule has 1 heterocycles. The SMILES string of the molecule is COCC1=Cc2ccc(Cl)cc2S1(=O)=O. The van der Waals surface area contributed by atoms with Crippen LogP contribution in [0.5, 0.6) is 0 Å². The molecule has 0 N–H and O–H groups in total. The fraction of sp³-hybridized carbons (Fsp3) is 0.200. The van der Waals surface area contributed by atoms with Crippen LogP contribution in [0.25, 0.3) is 6.08 Å². The molecule has 0 aromatic heterocycles. The standard InChI is InChI=1S/C10H9ClO3S/c1-14-6-9-4-7-2-3-8(11)5-10(7)15(9,12)13/h2-5H,6H2,1H3. The number of methoxy groups -OCH3 is 1. The van der Waals surface area contributed by atoms with E-state index in [1.54, 1.807) is 18.2 Å². The molecule has 0 amide bonds. The van der Waals surface area contributed by atoms with Crippen LogP contribution in [0.1, 0.15) is 5.56 Å². The molecule has 1 aliphatic heterocycles. The van der Waals surface area contributed by atoms with Gasteiger partial charge in [-0.3, -0.25) is 0 Å². The Labute approximate surface area is 93.2 Å². The van der Waals surface area contributed by atoms with Gasteiger partial charge in [0.1, 0.15) is 0 Å². The first-order valence-electron chi connectivity index (χ1n) is 4.30. The van der Waals surface area contributed by atoms with Gasteiger partial charge in [-0.2, -0.15) is 0 Å². The van der Waals surface area contributed by atoms with E-state index in [0.29, 0.717) is 10.6 Å². The van der Waals surface area contributed by atoms with Crippen molar-refractivity contribution in [2.75, 3.05) is 13.7 Å². The number of rotatable bonds is 2. The summed E-state index contributed by atoms with van der Waals surface area (Å²) in [6, 6.07) is 4.82. The van der Waals surface area contributed by atoms with Crippen molar-refractivity contribution >= 4 is 27.5 Å². The highest BCUT2D eigenvalue weighted by Crippen LogP contribution is 2.34. The second kappa shape index (κ2) is 3.63. The van der Waals surface area contributed by atoms with Crippen LogP contribution in [0.3, 0.4) is 0 Å². The quantitative estimate of drug-likeness (QED) is 0.800. The van der Waals surface area contributed by atoms with E-state index in [1.165, 1.54) is 13.2 Å². The van der Waals surface area contributed by atoms with E-state index in [9.17, 15) is 8.42 Å². The van der Waals surface area contributed by atoms with Gasteiger partial charge in [0, 0.05) is 12.1 Å². The molecule has 1 aromatic carbocycles. The summed E-state index contributed by atoms with van der Waals surface area (Å²) < 4.78 is 28.7. The Morgan fingerprint density at radius 3 is 2.80 bits per heavy atom. The van der Waals surface area contributed by atoms with Gasteiger partial charge in [0.25, 0.3) is 0 Å². The zero-order valence-electron chi connectivity index (χ0n) is 8.03. The number of sulfone groups is 1. The number of benzene rings is 1. The normalized spacial score (nSPS) is 17.3. The van der Waals surface area contributed by atoms with Gasteiger partial charge in [-0.05, 0) is 23.8 Å². The van der Waals surface area contributed by atoms with E-state index in [0.717, 1.165) is 0 Å². The summed E-state index contributed by atoms with van der Waals surface area (Å²) in [5.41, 5.74) is 0.673. The third-order valence-electron chi connectivity index (χ3n) is 2.21. The summed E-state index contributed by atoms with van der Waals surface area (Å²) in [5, 5.41) is 0.421. The van der Waals surface area contributed by atoms with Crippen LogP contribution in [0.2, 0.25) is 5.02 Å². The van der Waals surface area contributed by atoms with Gasteiger partial charge in [0.05, 0.1) is 16.4 Å². The first-order valence-corrected chi connectivity index (χ1v) is 6.16. The van der Waals surface area contributed by atoms with Gasteiger partial charge in [-0.1, -0.05) is 17.7 Å². The summed E-state index contributed by atoms with van der Waals surface area (Å²) in [4.78, 5) is 0.546. The minimum atomic E-state index is -3.38. The maximum Gasteiger partial charge on any atom is 0.205 e. The molecular formula is C10H9ClO3S. The van der Waals surface area contributed by atoms with Gasteiger partial charge in [-0.15, -0.1) is 0 Å². The van der Waals surface area contributed by atoms with Gasteiger partial charge < -0.3 is 4.74 Å². The molecule has 15 heavy (non-hydrogen) atoms. The largest absolute Gasteiger partial charge is 0.379 e. The molecule has 5 heteroatoms. The average molecular weight is 245 g/mol. The molecule has 80 valence electrons. The van der Waals surface area contributed by atoms with Crippen LogP contribution >= 0.6 is 11.6 Å². The average Bonchev–Trinajstić information content (AvgIpc) is 2.41. The molecule has 0 saturated carbocycles. The Morgan fingerprint density at radius 2 is 2.13 bits per heavy atom. The predicted octanol–water partition coefficient (Wildman–Crippen LogP) is 2.11. The molecule has 0 saturated heterocycles. The van der Waals surface area contributed by atoms with Crippen LogP contribution < -0.4 is 0 Å². The summed E-state index contributed by atoms with van der Waals surface area (Å²) in [6.45, 7) is 0.0919. The fourth-order valence-corrected chi connectivity index (χ4v) is 3.31. The zero-order valence-corrected chi connectivity index (χ0v) is 9.60. The highest BCUT2D eigenvalue weighted by atomic mass is 35.5. The van der Waals surface area contributed by atoms with E-state index in [2.05, 4.69) is 0 Å². The lowest BCUT2D eigenvalue weighted by Crippen LogP contribution is -2.05. The number of hydrogen-bond acceptors (Lipinski definition) is 3. The summed E-state index contributed by atoms with van der Waals surface area (Å²) in [7, 11) is -1.91. The van der Waals surface area contributed by atoms with Crippen molar-refractivity contribution in [3.8, 4) is 0 Å². The highest BCUT2D eigenvalue weighted by Gasteiger charge is 2.29. The number of fused-ring (bicyclic) bond motifs is 1. The van der Waals surface area contributed by atoms with Crippen molar-refractivity contribution in [1.29, 1.82) is 0 Å². The van der Waals surface area contributed by atoms with Crippen molar-refractivity contribution < 1.29 is 13.2 Å². The smallest absolute Gasteiger partial charge is 0.205 e. The molecule has 0 aliphatic carbocycles. The third-order valence-corrected chi connectivity index (χ3v) is 4.31. The Hall–Kier alpha value is -0.840. The Bertz CT molecular complexity index is 532. The molecule has 2 rings (SSSR count). The molecule has 0 unspecified atom stereocenters. The predicted molar refractivity (Wildman–Crippen MR) is 58.5 cm³/mol. The van der Waals surface area contributed by atoms with E-state index < -0.39 is 9.84 Å². The minimum Gasteiger partial charge on any atom is -0.379 e. The van der Waals surface area contributed by atoms with Crippen LogP contribution in [0, 0.1) is 0 Å². The van der Waals surface area contributed by atoms with E-state index in [4.69, 9.17) is 16.3 Å². The van der Waals surface area contributed by atoms with Gasteiger partial charge in [-0.25, -0.2) is 8.42 Å². The molecule has 0 atom stereocenters. The van der Waals surface area contributed by atoms with Gasteiger partial charge >= 0.3 is 0 Å². The maximum atomic E-state index is 11.9. The molecule has 0 fully saturated rings. The Kier molecular flexibility index (Phi) is 2.58. The molecule has 0 radical (unpaired) electrons. The Morgan fingerprint density at radius 1 is 1.40 bits per heavy atom. The molecule has 0 spiro atoms. The van der Waals surface area contributed by atoms with Crippen LogP contribution in [-0.2, 0) is 14.6 Å². The maximum absolute atomic E-state index is 11.9. The molecule has 1 aromatic rings. The zero-order chi connectivity index (χ0) is 11.1. The fourth-order valence-electron chi connectivity index (χ4n) is 1.51. The van der Waals surface area contributed by atoms with Gasteiger partial charge in [0.15, 0.2) is 0 Å². The topological polar surface area (TPSA) is 43.4 Å². The van der Waals surface area contributed by atoms with Crippen LogP contribution in [-0.4, -0.2) is 22.1 Å². The van der Waals surface area contributed by atoms with Crippen molar-refractivity contribution in [3.05, 3.63) is 33.7 Å². The molecule has 0 bridgehead atoms. The third kappa shape index (κ3) is 1.69. The van der Waals surface area contributed by atoms with E-state index >= 15 is 0 Å². The first kappa shape index (κ1) is 10.7. The molecular weight excluding hydrogens is 236 g/mol. The van der Waals surface area contributed by atoms with Gasteiger partial charge in [0.2, 0.25) is 9.84 Å². The molecule has 3 nitrogen and oxygen atoms in total. The van der Waals surface area contributed by atoms with Crippen LogP contribution in [0.15, 0.2) is 28.0 Å². The molecule has 1 aliphatic rings. The second-order valence-corrected chi connectivity index (χ2v) is 5.64. The lowest BCUT2D eigenvalue weighted by molar-refractivity contribution is 0.231. The van der Waals surface area contributed by atoms with Crippen molar-refractivity contribution in [2.45, 2.75) is 4.90 Å². The minimum absolute atomic E-state index is 0.0919. The number of halogens is 1. The van der Waals surface area contributed by atoms with Crippen molar-refractivity contribution in [2.24, 2.45) is 0 Å². The summed E-state index contributed by atoms with van der Waals surface area (Å²) in [5.74, 6) is 0. The van der Waals surface area contributed by atoms with E-state index in [1.807, 2.05) is 0 Å². The lowest BCUT2D eigenvalue weighted by atomic mass is 10.2. The summed E-state index contributed by atoms with van der Waals surface area (Å²) in [6.07, 6.45) is 1.62. The van der Waals surface area contributed by atoms with Crippen molar-refractivity contribution in [3.63, 3.8) is 0 Å². The monoisotopic (exact) mass is 244 g/mol. The second-order valence-electron chi connectivity index (χ2n) is 3.23. The Balaban J connectivity index is 2.58. The lowest BCUT2D eigenvalue weighted by Gasteiger charge is -2.02. The highest BCUT2D eigenvalue weighted by molar-refractivity contribution is 7.95. The number of hydrogen-bond donors (Lipinski definition) is 0. The van der Waals surface area contributed by atoms with Crippen LogP contribution in [0.4, 0.5) is 0 Å². The van der Waals surface area contributed by atoms with Crippen molar-refractivity contribution in [1.82, 2.24) is 0 Å².